The second-order valence-electron chi connectivity index (χ2n) is 6.51. The van der Waals surface area contributed by atoms with Crippen LogP contribution in [0.15, 0.2) is 61.2 Å². The minimum Gasteiger partial charge on any atom is -0.383 e. The van der Waals surface area contributed by atoms with Crippen molar-refractivity contribution in [2.24, 2.45) is 0 Å². The van der Waals surface area contributed by atoms with Crippen molar-refractivity contribution in [2.75, 3.05) is 11.1 Å². The Kier molecular flexibility index (Phi) is 4.57. The van der Waals surface area contributed by atoms with Gasteiger partial charge in [-0.25, -0.2) is 9.97 Å². The summed E-state index contributed by atoms with van der Waals surface area (Å²) in [5, 5.41) is 2.85. The zero-order valence-electron chi connectivity index (χ0n) is 15.4. The second-order valence-corrected chi connectivity index (χ2v) is 6.51. The number of nitrogens with zero attached hydrogens (tertiary/aromatic N) is 4. The van der Waals surface area contributed by atoms with E-state index in [1.54, 1.807) is 19.2 Å². The van der Waals surface area contributed by atoms with Crippen LogP contribution in [0.2, 0.25) is 0 Å². The van der Waals surface area contributed by atoms with Crippen LogP contribution in [0.5, 0.6) is 0 Å². The maximum Gasteiger partial charge on any atom is 0.423 e. The predicted molar refractivity (Wildman–Crippen MR) is 104 cm³/mol. The van der Waals surface area contributed by atoms with Gasteiger partial charge in [-0.15, -0.1) is 0 Å². The van der Waals surface area contributed by atoms with Crippen molar-refractivity contribution in [1.29, 1.82) is 0 Å². The van der Waals surface area contributed by atoms with Crippen LogP contribution < -0.4 is 11.1 Å². The van der Waals surface area contributed by atoms with Crippen LogP contribution in [0, 0.1) is 0 Å². The average Bonchev–Trinajstić information content (AvgIpc) is 3.07. The van der Waals surface area contributed by atoms with Crippen LogP contribution in [0.1, 0.15) is 24.1 Å². The summed E-state index contributed by atoms with van der Waals surface area (Å²) in [6.45, 7) is 1.76. The summed E-state index contributed by atoms with van der Waals surface area (Å²) in [5.41, 5.74) is 7.58. The Hall–Kier alpha value is -3.62. The fraction of sp³-hybridized carbons (Fsp3) is 0.150. The number of hydrogen-bond acceptors (Lipinski definition) is 5. The molecule has 0 radical (unpaired) electrons. The minimum atomic E-state index is -4.68. The van der Waals surface area contributed by atoms with Crippen molar-refractivity contribution in [3.63, 3.8) is 0 Å². The van der Waals surface area contributed by atoms with E-state index in [2.05, 4.69) is 20.3 Å². The van der Waals surface area contributed by atoms with E-state index in [1.807, 2.05) is 47.0 Å². The number of alkyl halides is 3. The summed E-state index contributed by atoms with van der Waals surface area (Å²) >= 11 is 0. The Bertz CT molecular complexity index is 1150. The Morgan fingerprint density at radius 2 is 1.86 bits per heavy atom. The third kappa shape index (κ3) is 3.46. The third-order valence-corrected chi connectivity index (χ3v) is 4.60. The molecule has 4 rings (SSSR count). The minimum absolute atomic E-state index is 0.361. The van der Waals surface area contributed by atoms with Crippen molar-refractivity contribution in [2.45, 2.75) is 19.1 Å². The predicted octanol–water partition coefficient (Wildman–Crippen LogP) is 4.57. The summed E-state index contributed by atoms with van der Waals surface area (Å²) in [6, 6.07) is 12.6. The van der Waals surface area contributed by atoms with Gasteiger partial charge in [-0.3, -0.25) is 4.98 Å². The molecule has 0 aliphatic carbocycles. The lowest BCUT2D eigenvalue weighted by atomic mass is 10.1. The molecule has 4 heterocycles. The van der Waals surface area contributed by atoms with Crippen LogP contribution in [0.4, 0.5) is 24.8 Å². The van der Waals surface area contributed by atoms with E-state index in [-0.39, 0.29) is 5.82 Å². The second kappa shape index (κ2) is 7.08. The molecule has 0 aromatic carbocycles. The lowest BCUT2D eigenvalue weighted by Gasteiger charge is -2.19. The molecule has 0 amide bonds. The van der Waals surface area contributed by atoms with Gasteiger partial charge in [0.2, 0.25) is 0 Å². The number of aromatic nitrogens is 4. The number of rotatable bonds is 4. The number of pyridine rings is 2. The number of halogens is 3. The normalized spacial score (nSPS) is 12.8. The molecule has 4 aromatic rings. The molecular weight excluding hydrogens is 381 g/mol. The third-order valence-electron chi connectivity index (χ3n) is 4.60. The van der Waals surface area contributed by atoms with Crippen LogP contribution in [-0.2, 0) is 6.18 Å². The van der Waals surface area contributed by atoms with Crippen molar-refractivity contribution in [3.05, 3.63) is 72.3 Å². The molecule has 0 saturated heterocycles. The van der Waals surface area contributed by atoms with E-state index in [4.69, 9.17) is 5.73 Å². The van der Waals surface area contributed by atoms with Gasteiger partial charge < -0.3 is 15.5 Å². The van der Waals surface area contributed by atoms with Crippen molar-refractivity contribution >= 4 is 17.2 Å². The summed E-state index contributed by atoms with van der Waals surface area (Å²) in [7, 11) is 0. The molecular formula is C20H17F3N6. The Balaban J connectivity index is 1.82. The van der Waals surface area contributed by atoms with Gasteiger partial charge in [0.15, 0.2) is 0 Å². The largest absolute Gasteiger partial charge is 0.423 e. The van der Waals surface area contributed by atoms with Gasteiger partial charge in [0, 0.05) is 23.5 Å². The first-order valence-corrected chi connectivity index (χ1v) is 8.82. The zero-order valence-corrected chi connectivity index (χ0v) is 15.4. The van der Waals surface area contributed by atoms with Gasteiger partial charge in [0.1, 0.15) is 23.5 Å². The van der Waals surface area contributed by atoms with Gasteiger partial charge >= 0.3 is 6.18 Å². The molecule has 148 valence electrons. The molecule has 0 aliphatic rings. The molecule has 0 saturated carbocycles. The molecule has 4 aromatic heterocycles. The molecule has 0 bridgehead atoms. The molecule has 29 heavy (non-hydrogen) atoms. The molecule has 0 fully saturated rings. The van der Waals surface area contributed by atoms with E-state index in [9.17, 15) is 13.2 Å². The Labute approximate surface area is 164 Å². The van der Waals surface area contributed by atoms with Crippen molar-refractivity contribution < 1.29 is 13.2 Å². The van der Waals surface area contributed by atoms with Gasteiger partial charge in [-0.1, -0.05) is 12.1 Å². The van der Waals surface area contributed by atoms with Crippen molar-refractivity contribution in [3.8, 4) is 11.4 Å². The van der Waals surface area contributed by atoms with Crippen LogP contribution >= 0.6 is 0 Å². The number of anilines is 2. The average molecular weight is 398 g/mol. The van der Waals surface area contributed by atoms with Crippen molar-refractivity contribution in [1.82, 2.24) is 19.4 Å². The number of hydrogen-bond donors (Lipinski definition) is 2. The first-order chi connectivity index (χ1) is 13.9. The van der Waals surface area contributed by atoms with E-state index in [1.165, 1.54) is 0 Å². The monoisotopic (exact) mass is 398 g/mol. The highest BCUT2D eigenvalue weighted by Gasteiger charge is 2.38. The van der Waals surface area contributed by atoms with Gasteiger partial charge in [-0.05, 0) is 37.3 Å². The van der Waals surface area contributed by atoms with E-state index in [0.717, 1.165) is 23.1 Å². The quantitative estimate of drug-likeness (QED) is 0.527. The molecule has 0 spiro atoms. The Morgan fingerprint density at radius 1 is 1.07 bits per heavy atom. The number of nitrogens with two attached hydrogens (primary N) is 1. The topological polar surface area (TPSA) is 81.1 Å². The summed E-state index contributed by atoms with van der Waals surface area (Å²) in [4.78, 5) is 11.7. The number of nitrogen functional groups attached to an aromatic ring is 1. The summed E-state index contributed by atoms with van der Waals surface area (Å²) < 4.78 is 42.3. The molecule has 0 aliphatic heterocycles. The number of nitrogens with one attached hydrogen (secondary N) is 1. The highest BCUT2D eigenvalue weighted by molar-refractivity contribution is 5.71. The first kappa shape index (κ1) is 18.7. The first-order valence-electron chi connectivity index (χ1n) is 8.82. The fourth-order valence-electron chi connectivity index (χ4n) is 3.32. The van der Waals surface area contributed by atoms with Gasteiger partial charge in [-0.2, -0.15) is 13.2 Å². The van der Waals surface area contributed by atoms with Gasteiger partial charge in [0.05, 0.1) is 17.4 Å². The van der Waals surface area contributed by atoms with E-state index < -0.39 is 23.6 Å². The van der Waals surface area contributed by atoms with Crippen LogP contribution in [-0.4, -0.2) is 19.4 Å². The lowest BCUT2D eigenvalue weighted by Crippen LogP contribution is -2.18. The highest BCUT2D eigenvalue weighted by atomic mass is 19.4. The maximum absolute atomic E-state index is 13.5. The molecule has 1 unspecified atom stereocenters. The molecule has 9 heteroatoms. The molecule has 1 atom stereocenters. The van der Waals surface area contributed by atoms with E-state index in [0.29, 0.717) is 5.69 Å². The van der Waals surface area contributed by atoms with Crippen LogP contribution in [0.25, 0.3) is 16.9 Å². The van der Waals surface area contributed by atoms with E-state index >= 15 is 0 Å². The highest BCUT2D eigenvalue weighted by Crippen LogP contribution is 2.39. The Morgan fingerprint density at radius 3 is 2.59 bits per heavy atom. The van der Waals surface area contributed by atoms with Gasteiger partial charge in [0.25, 0.3) is 0 Å². The maximum atomic E-state index is 13.5. The standard InChI is InChI=1S/C20H17F3N6/c1-12(28-19-16(20(21,22)23)18(24)26-11-27-19)14-10-13-6-3-5-9-29(13)17(14)15-7-2-4-8-25-15/h2-12H,1H3,(H3,24,26,27,28). The molecule has 3 N–H and O–H groups in total. The smallest absolute Gasteiger partial charge is 0.383 e. The van der Waals surface area contributed by atoms with Crippen LogP contribution in [0.3, 0.4) is 0 Å². The fourth-order valence-corrected chi connectivity index (χ4v) is 3.32. The zero-order chi connectivity index (χ0) is 20.6. The lowest BCUT2D eigenvalue weighted by molar-refractivity contribution is -0.136. The summed E-state index contributed by atoms with van der Waals surface area (Å²) in [5.74, 6) is -0.978. The number of fused-ring (bicyclic) bond motifs is 1. The summed E-state index contributed by atoms with van der Waals surface area (Å²) in [6.07, 6.45) is -0.107. The molecule has 6 nitrogen and oxygen atoms in total. The SMILES string of the molecule is CC(Nc1ncnc(N)c1C(F)(F)F)c1cc2ccccn2c1-c1ccccn1.